The molecule has 1 N–H and O–H groups in total. The standard InChI is InChI=1S/C15H19NO3/c1-8-10-4-6-15(3)7-5-11(16-18)9(2)12(15)13(10)19-14(8)17/h5,7-8,10,13,18H,4,6H2,1-3H3/b16-11+/t8-,10-,13+,15+/m0/s1. The first-order valence-corrected chi connectivity index (χ1v) is 6.81. The van der Waals surface area contributed by atoms with E-state index in [-0.39, 0.29) is 29.3 Å². The fraction of sp³-hybridized carbons (Fsp3) is 0.600. The molecule has 0 unspecified atom stereocenters. The molecule has 0 aromatic carbocycles. The first-order valence-electron chi connectivity index (χ1n) is 6.81. The third-order valence-electron chi connectivity index (χ3n) is 5.05. The van der Waals surface area contributed by atoms with E-state index in [9.17, 15) is 4.79 Å². The summed E-state index contributed by atoms with van der Waals surface area (Å²) in [4.78, 5) is 11.8. The van der Waals surface area contributed by atoms with Crippen LogP contribution in [-0.2, 0) is 9.53 Å². The summed E-state index contributed by atoms with van der Waals surface area (Å²) in [7, 11) is 0. The second kappa shape index (κ2) is 3.95. The molecule has 4 atom stereocenters. The highest BCUT2D eigenvalue weighted by Crippen LogP contribution is 2.53. The van der Waals surface area contributed by atoms with Crippen molar-refractivity contribution in [2.45, 2.75) is 39.7 Å². The molecule has 1 saturated carbocycles. The molecule has 1 saturated heterocycles. The van der Waals surface area contributed by atoms with E-state index in [0.29, 0.717) is 5.71 Å². The Morgan fingerprint density at radius 3 is 2.95 bits per heavy atom. The fourth-order valence-electron chi connectivity index (χ4n) is 3.81. The molecule has 19 heavy (non-hydrogen) atoms. The lowest BCUT2D eigenvalue weighted by Gasteiger charge is -2.43. The zero-order valence-electron chi connectivity index (χ0n) is 11.5. The third kappa shape index (κ3) is 1.58. The van der Waals surface area contributed by atoms with Crippen molar-refractivity contribution >= 4 is 11.7 Å². The maximum atomic E-state index is 11.8. The van der Waals surface area contributed by atoms with Crippen molar-refractivity contribution in [3.05, 3.63) is 23.3 Å². The van der Waals surface area contributed by atoms with Crippen LogP contribution < -0.4 is 0 Å². The van der Waals surface area contributed by atoms with Gasteiger partial charge in [-0.05, 0) is 37.0 Å². The molecule has 0 spiro atoms. The highest BCUT2D eigenvalue weighted by atomic mass is 16.6. The van der Waals surface area contributed by atoms with Gasteiger partial charge >= 0.3 is 5.97 Å². The van der Waals surface area contributed by atoms with Crippen LogP contribution in [0.3, 0.4) is 0 Å². The number of carbonyl (C=O) groups excluding carboxylic acids is 1. The minimum Gasteiger partial charge on any atom is -0.457 e. The topological polar surface area (TPSA) is 58.9 Å². The predicted octanol–water partition coefficient (Wildman–Crippen LogP) is 2.68. The van der Waals surface area contributed by atoms with Crippen molar-refractivity contribution in [3.8, 4) is 0 Å². The average Bonchev–Trinajstić information content (AvgIpc) is 2.65. The fourth-order valence-corrected chi connectivity index (χ4v) is 3.81. The van der Waals surface area contributed by atoms with Gasteiger partial charge in [0.15, 0.2) is 0 Å². The Balaban J connectivity index is 2.11. The van der Waals surface area contributed by atoms with Crippen molar-refractivity contribution in [2.75, 3.05) is 0 Å². The number of fused-ring (bicyclic) bond motifs is 3. The number of allylic oxidation sites excluding steroid dienone is 3. The number of rotatable bonds is 0. The molecule has 3 aliphatic rings. The highest BCUT2D eigenvalue weighted by Gasteiger charge is 2.52. The van der Waals surface area contributed by atoms with Gasteiger partial charge in [0.05, 0.1) is 5.92 Å². The Kier molecular flexibility index (Phi) is 2.59. The van der Waals surface area contributed by atoms with Gasteiger partial charge in [-0.15, -0.1) is 0 Å². The predicted molar refractivity (Wildman–Crippen MR) is 70.9 cm³/mol. The number of oxime groups is 1. The largest absolute Gasteiger partial charge is 0.457 e. The Hall–Kier alpha value is -1.58. The highest BCUT2D eigenvalue weighted by molar-refractivity contribution is 6.09. The van der Waals surface area contributed by atoms with Crippen LogP contribution >= 0.6 is 0 Å². The molecule has 0 radical (unpaired) electrons. The number of carbonyl (C=O) groups is 1. The normalized spacial score (nSPS) is 43.2. The Labute approximate surface area is 112 Å². The maximum absolute atomic E-state index is 11.8. The summed E-state index contributed by atoms with van der Waals surface area (Å²) in [5.41, 5.74) is 2.56. The molecule has 0 amide bonds. The average molecular weight is 261 g/mol. The van der Waals surface area contributed by atoms with E-state index in [2.05, 4.69) is 18.2 Å². The molecule has 0 bridgehead atoms. The summed E-state index contributed by atoms with van der Waals surface area (Å²) in [6.45, 7) is 6.07. The van der Waals surface area contributed by atoms with Gasteiger partial charge in [-0.2, -0.15) is 0 Å². The first kappa shape index (κ1) is 12.5. The Morgan fingerprint density at radius 2 is 2.26 bits per heavy atom. The van der Waals surface area contributed by atoms with Crippen LogP contribution in [-0.4, -0.2) is 23.0 Å². The van der Waals surface area contributed by atoms with Gasteiger partial charge in [0, 0.05) is 11.3 Å². The van der Waals surface area contributed by atoms with Crippen LogP contribution in [0, 0.1) is 17.3 Å². The second-order valence-electron chi connectivity index (χ2n) is 6.12. The lowest BCUT2D eigenvalue weighted by Crippen LogP contribution is -2.39. The molecule has 4 heteroatoms. The van der Waals surface area contributed by atoms with Crippen molar-refractivity contribution in [1.82, 2.24) is 0 Å². The van der Waals surface area contributed by atoms with Crippen LogP contribution in [0.1, 0.15) is 33.6 Å². The van der Waals surface area contributed by atoms with Crippen LogP contribution in [0.15, 0.2) is 28.5 Å². The minimum absolute atomic E-state index is 0.0322. The summed E-state index contributed by atoms with van der Waals surface area (Å²) in [5, 5.41) is 12.4. The van der Waals surface area contributed by atoms with E-state index in [1.165, 1.54) is 0 Å². The van der Waals surface area contributed by atoms with Crippen LogP contribution in [0.25, 0.3) is 0 Å². The van der Waals surface area contributed by atoms with Gasteiger partial charge in [-0.1, -0.05) is 25.1 Å². The summed E-state index contributed by atoms with van der Waals surface area (Å²) in [6.07, 6.45) is 5.80. The van der Waals surface area contributed by atoms with E-state index < -0.39 is 0 Å². The molecular weight excluding hydrogens is 242 g/mol. The van der Waals surface area contributed by atoms with Crippen LogP contribution in [0.2, 0.25) is 0 Å². The van der Waals surface area contributed by atoms with Gasteiger partial charge in [0.2, 0.25) is 0 Å². The van der Waals surface area contributed by atoms with Crippen LogP contribution in [0.5, 0.6) is 0 Å². The monoisotopic (exact) mass is 261 g/mol. The van der Waals surface area contributed by atoms with Gasteiger partial charge in [0.25, 0.3) is 0 Å². The lowest BCUT2D eigenvalue weighted by molar-refractivity contribution is -0.143. The number of hydrogen-bond acceptors (Lipinski definition) is 4. The van der Waals surface area contributed by atoms with Gasteiger partial charge < -0.3 is 9.94 Å². The zero-order chi connectivity index (χ0) is 13.8. The first-order chi connectivity index (χ1) is 8.98. The van der Waals surface area contributed by atoms with E-state index in [0.717, 1.165) is 24.0 Å². The van der Waals surface area contributed by atoms with E-state index >= 15 is 0 Å². The maximum Gasteiger partial charge on any atom is 0.309 e. The number of nitrogens with zero attached hydrogens (tertiary/aromatic N) is 1. The lowest BCUT2D eigenvalue weighted by atomic mass is 9.61. The quantitative estimate of drug-likeness (QED) is 0.414. The SMILES string of the molecule is CC1=C2[C@@H]3OC(=O)[C@@H](C)[C@@H]3CC[C@]2(C)C=C/C1=N\O. The molecule has 3 rings (SSSR count). The summed E-state index contributed by atoms with van der Waals surface area (Å²) >= 11 is 0. The number of ether oxygens (including phenoxy) is 1. The van der Waals surface area contributed by atoms with Crippen molar-refractivity contribution in [2.24, 2.45) is 22.4 Å². The molecule has 1 aliphatic heterocycles. The Bertz CT molecular complexity index is 532. The second-order valence-corrected chi connectivity index (χ2v) is 6.12. The van der Waals surface area contributed by atoms with Crippen molar-refractivity contribution < 1.29 is 14.7 Å². The summed E-state index contributed by atoms with van der Waals surface area (Å²) in [5.74, 6) is 0.129. The molecular formula is C15H19NO3. The number of hydrogen-bond donors (Lipinski definition) is 1. The minimum atomic E-state index is -0.150. The molecule has 2 aliphatic carbocycles. The molecule has 2 fully saturated rings. The molecule has 1 heterocycles. The van der Waals surface area contributed by atoms with Crippen molar-refractivity contribution in [3.63, 3.8) is 0 Å². The van der Waals surface area contributed by atoms with Gasteiger partial charge in [0.1, 0.15) is 11.8 Å². The van der Waals surface area contributed by atoms with Gasteiger partial charge in [-0.25, -0.2) is 0 Å². The van der Waals surface area contributed by atoms with E-state index in [1.54, 1.807) is 0 Å². The summed E-state index contributed by atoms with van der Waals surface area (Å²) < 4.78 is 5.61. The summed E-state index contributed by atoms with van der Waals surface area (Å²) in [6, 6.07) is 0. The zero-order valence-corrected chi connectivity index (χ0v) is 11.5. The third-order valence-corrected chi connectivity index (χ3v) is 5.05. The van der Waals surface area contributed by atoms with E-state index in [1.807, 2.05) is 19.9 Å². The molecule has 0 aromatic heterocycles. The Morgan fingerprint density at radius 1 is 1.53 bits per heavy atom. The molecule has 102 valence electrons. The van der Waals surface area contributed by atoms with E-state index in [4.69, 9.17) is 9.94 Å². The van der Waals surface area contributed by atoms with Crippen LogP contribution in [0.4, 0.5) is 0 Å². The smallest absolute Gasteiger partial charge is 0.309 e. The molecule has 0 aromatic rings. The van der Waals surface area contributed by atoms with Crippen molar-refractivity contribution in [1.29, 1.82) is 0 Å². The number of esters is 1. The molecule has 4 nitrogen and oxygen atoms in total. The van der Waals surface area contributed by atoms with Gasteiger partial charge in [-0.3, -0.25) is 4.79 Å².